The highest BCUT2D eigenvalue weighted by Gasteiger charge is 2.32. The number of nitrogens with zero attached hydrogens (tertiary/aromatic N) is 2. The van der Waals surface area contributed by atoms with Crippen LogP contribution in [0.15, 0.2) is 98.3 Å². The number of para-hydroxylation sites is 1. The van der Waals surface area contributed by atoms with Crippen molar-refractivity contribution < 1.29 is 24.2 Å². The molecule has 208 valence electrons. The fourth-order valence-electron chi connectivity index (χ4n) is 4.45. The number of allylic oxidation sites excluding steroid dienone is 1. The summed E-state index contributed by atoms with van der Waals surface area (Å²) in [5.74, 6) is -0.414. The molecule has 3 aromatic carbocycles. The number of aromatic nitrogens is 1. The summed E-state index contributed by atoms with van der Waals surface area (Å²) in [4.78, 5) is 43.5. The van der Waals surface area contributed by atoms with Crippen molar-refractivity contribution in [2.45, 2.75) is 13.0 Å². The van der Waals surface area contributed by atoms with E-state index in [9.17, 15) is 14.4 Å². The zero-order valence-corrected chi connectivity index (χ0v) is 24.4. The van der Waals surface area contributed by atoms with Crippen LogP contribution in [0.25, 0.3) is 6.08 Å². The lowest BCUT2D eigenvalue weighted by Crippen LogP contribution is -2.40. The first-order valence-corrected chi connectivity index (χ1v) is 14.0. The molecule has 0 saturated heterocycles. The minimum Gasteiger partial charge on any atom is -0.497 e. The Balaban J connectivity index is 1.60. The summed E-state index contributed by atoms with van der Waals surface area (Å²) in [6, 6.07) is 20.7. The van der Waals surface area contributed by atoms with Crippen molar-refractivity contribution in [1.82, 2.24) is 4.57 Å². The Hall–Kier alpha value is -4.48. The number of hydrogen-bond donors (Lipinski definition) is 2. The highest BCUT2D eigenvalue weighted by atomic mass is 79.9. The Morgan fingerprint density at radius 2 is 1.85 bits per heavy atom. The molecule has 0 bridgehead atoms. The van der Waals surface area contributed by atoms with E-state index < -0.39 is 18.6 Å². The normalized spacial score (nSPS) is 14.7. The van der Waals surface area contributed by atoms with Gasteiger partial charge in [-0.1, -0.05) is 47.7 Å². The van der Waals surface area contributed by atoms with E-state index >= 15 is 0 Å². The molecule has 11 heteroatoms. The van der Waals surface area contributed by atoms with Gasteiger partial charge in [0.15, 0.2) is 11.4 Å². The summed E-state index contributed by atoms with van der Waals surface area (Å²) in [6.45, 7) is 1.29. The highest BCUT2D eigenvalue weighted by molar-refractivity contribution is 9.10. The number of nitrogens with one attached hydrogen (secondary N) is 1. The molecule has 2 heterocycles. The highest BCUT2D eigenvalue weighted by Crippen LogP contribution is 2.32. The number of halogens is 1. The molecular weight excluding hydrogens is 610 g/mol. The number of ether oxygens (including phenoxy) is 2. The van der Waals surface area contributed by atoms with Crippen LogP contribution in [-0.4, -0.2) is 35.3 Å². The van der Waals surface area contributed by atoms with E-state index in [2.05, 4.69) is 26.2 Å². The number of anilines is 1. The van der Waals surface area contributed by atoms with Crippen molar-refractivity contribution >= 4 is 50.9 Å². The van der Waals surface area contributed by atoms with Gasteiger partial charge in [-0.3, -0.25) is 14.2 Å². The maximum Gasteiger partial charge on any atom is 0.341 e. The molecule has 9 nitrogen and oxygen atoms in total. The smallest absolute Gasteiger partial charge is 0.341 e. The topological polar surface area (TPSA) is 119 Å². The van der Waals surface area contributed by atoms with Gasteiger partial charge in [0.1, 0.15) is 11.5 Å². The Morgan fingerprint density at radius 1 is 1.12 bits per heavy atom. The SMILES string of the molecule is COc1ccc([C@@H]2C(C(=O)Nc3ccccc3)=C(C)N=c3s/c(=C\c4ccc(OCC(=O)O)c(Br)c4)c(=O)n32)cc1. The minimum atomic E-state index is -1.08. The number of fused-ring (bicyclic) bond motifs is 1. The quantitative estimate of drug-likeness (QED) is 0.301. The molecule has 0 radical (unpaired) electrons. The zero-order chi connectivity index (χ0) is 29.1. The first-order chi connectivity index (χ1) is 19.7. The number of thiazole rings is 1. The first-order valence-electron chi connectivity index (χ1n) is 12.4. The number of carboxylic acid groups (broad SMARTS) is 1. The molecule has 0 spiro atoms. The molecule has 0 saturated carbocycles. The third-order valence-corrected chi connectivity index (χ3v) is 7.94. The van der Waals surface area contributed by atoms with E-state index in [1.54, 1.807) is 67.1 Å². The van der Waals surface area contributed by atoms with Crippen LogP contribution in [0.5, 0.6) is 11.5 Å². The maximum absolute atomic E-state index is 13.9. The predicted octanol–water partition coefficient (Wildman–Crippen LogP) is 4.11. The van der Waals surface area contributed by atoms with Crippen molar-refractivity contribution in [3.05, 3.63) is 119 Å². The summed E-state index contributed by atoms with van der Waals surface area (Å²) in [7, 11) is 1.57. The van der Waals surface area contributed by atoms with Crippen LogP contribution in [0.4, 0.5) is 5.69 Å². The summed E-state index contributed by atoms with van der Waals surface area (Å²) in [5.41, 5.74) is 2.63. The molecule has 41 heavy (non-hydrogen) atoms. The van der Waals surface area contributed by atoms with E-state index in [1.807, 2.05) is 30.3 Å². The van der Waals surface area contributed by atoms with Crippen molar-refractivity contribution in [2.75, 3.05) is 19.0 Å². The molecule has 0 unspecified atom stereocenters. The number of carboxylic acids is 1. The molecule has 1 atom stereocenters. The monoisotopic (exact) mass is 633 g/mol. The number of amides is 1. The number of hydrogen-bond acceptors (Lipinski definition) is 7. The van der Waals surface area contributed by atoms with Gasteiger partial charge in [0.2, 0.25) is 0 Å². The fraction of sp³-hybridized carbons (Fsp3) is 0.133. The standard InChI is InChI=1S/C30H24BrN3O6S/c1-17-26(28(37)33-20-6-4-3-5-7-20)27(19-9-11-21(39-2)12-10-19)34-29(38)24(41-30(34)32-17)15-18-8-13-23(22(31)14-18)40-16-25(35)36/h3-15,27H,16H2,1-2H3,(H,33,37)(H,35,36)/b24-15-/t27-/m1/s1. The van der Waals surface area contributed by atoms with E-state index in [0.29, 0.717) is 47.8 Å². The van der Waals surface area contributed by atoms with Crippen LogP contribution in [0.2, 0.25) is 0 Å². The predicted molar refractivity (Wildman–Crippen MR) is 159 cm³/mol. The van der Waals surface area contributed by atoms with Crippen LogP contribution < -0.4 is 29.7 Å². The van der Waals surface area contributed by atoms with Crippen LogP contribution in [-0.2, 0) is 9.59 Å². The fourth-order valence-corrected chi connectivity index (χ4v) is 6.01. The molecular formula is C30H24BrN3O6S. The Morgan fingerprint density at radius 3 is 2.51 bits per heavy atom. The maximum atomic E-state index is 13.9. The van der Waals surface area contributed by atoms with Crippen LogP contribution in [0, 0.1) is 0 Å². The van der Waals surface area contributed by atoms with E-state index in [4.69, 9.17) is 14.6 Å². The average molecular weight is 635 g/mol. The van der Waals surface area contributed by atoms with E-state index in [0.717, 1.165) is 5.56 Å². The number of benzene rings is 3. The summed E-state index contributed by atoms with van der Waals surface area (Å²) in [5, 5.41) is 11.8. The number of carbonyl (C=O) groups excluding carboxylic acids is 1. The second-order valence-corrected chi connectivity index (χ2v) is 10.9. The summed E-state index contributed by atoms with van der Waals surface area (Å²) < 4.78 is 13.1. The molecule has 0 fully saturated rings. The molecule has 2 N–H and O–H groups in total. The van der Waals surface area contributed by atoms with Gasteiger partial charge in [0.25, 0.3) is 11.5 Å². The van der Waals surface area contributed by atoms with Gasteiger partial charge < -0.3 is 19.9 Å². The lowest BCUT2D eigenvalue weighted by Gasteiger charge is -2.25. The van der Waals surface area contributed by atoms with Crippen molar-refractivity contribution in [2.24, 2.45) is 4.99 Å². The molecule has 1 aliphatic rings. The van der Waals surface area contributed by atoms with E-state index in [-0.39, 0.29) is 11.5 Å². The number of methoxy groups -OCH3 is 1. The Bertz CT molecular complexity index is 1850. The molecule has 1 aromatic heterocycles. The zero-order valence-electron chi connectivity index (χ0n) is 22.0. The lowest BCUT2D eigenvalue weighted by atomic mass is 9.95. The van der Waals surface area contributed by atoms with Crippen LogP contribution in [0.3, 0.4) is 0 Å². The lowest BCUT2D eigenvalue weighted by molar-refractivity contribution is -0.139. The summed E-state index contributed by atoms with van der Waals surface area (Å²) in [6.07, 6.45) is 1.73. The van der Waals surface area contributed by atoms with Crippen molar-refractivity contribution in [3.63, 3.8) is 0 Å². The number of rotatable bonds is 8. The van der Waals surface area contributed by atoms with Crippen LogP contribution in [0.1, 0.15) is 24.1 Å². The number of carbonyl (C=O) groups is 2. The van der Waals surface area contributed by atoms with Gasteiger partial charge in [0.05, 0.1) is 33.4 Å². The van der Waals surface area contributed by atoms with Gasteiger partial charge in [-0.2, -0.15) is 0 Å². The van der Waals surface area contributed by atoms with Gasteiger partial charge in [0, 0.05) is 5.69 Å². The third kappa shape index (κ3) is 6.01. The molecule has 1 aliphatic heterocycles. The number of aliphatic carboxylic acids is 1. The molecule has 4 aromatic rings. The largest absolute Gasteiger partial charge is 0.497 e. The second-order valence-electron chi connectivity index (χ2n) is 9.05. The third-order valence-electron chi connectivity index (χ3n) is 6.33. The van der Waals surface area contributed by atoms with Crippen LogP contribution >= 0.6 is 27.3 Å². The summed E-state index contributed by atoms with van der Waals surface area (Å²) >= 11 is 4.62. The van der Waals surface area contributed by atoms with Gasteiger partial charge >= 0.3 is 5.97 Å². The minimum absolute atomic E-state index is 0.297. The first kappa shape index (κ1) is 28.1. The average Bonchev–Trinajstić information content (AvgIpc) is 3.26. The van der Waals surface area contributed by atoms with Gasteiger partial charge in [-0.25, -0.2) is 9.79 Å². The van der Waals surface area contributed by atoms with Gasteiger partial charge in [-0.15, -0.1) is 0 Å². The Kier molecular flexibility index (Phi) is 8.18. The van der Waals surface area contributed by atoms with Gasteiger partial charge in [-0.05, 0) is 76.5 Å². The van der Waals surface area contributed by atoms with Crippen molar-refractivity contribution in [3.8, 4) is 11.5 Å². The Labute approximate surface area is 246 Å². The van der Waals surface area contributed by atoms with E-state index in [1.165, 1.54) is 11.3 Å². The van der Waals surface area contributed by atoms with Crippen molar-refractivity contribution in [1.29, 1.82) is 0 Å². The molecule has 0 aliphatic carbocycles. The molecule has 1 amide bonds. The second kappa shape index (κ2) is 11.9. The molecule has 5 rings (SSSR count).